The first-order valence-corrected chi connectivity index (χ1v) is 4.47. The van der Waals surface area contributed by atoms with Crippen LogP contribution in [0.2, 0.25) is 0 Å². The average molecular weight is 200 g/mol. The lowest BCUT2D eigenvalue weighted by molar-refractivity contribution is -0.149. The van der Waals surface area contributed by atoms with Gasteiger partial charge in [-0.2, -0.15) is 0 Å². The van der Waals surface area contributed by atoms with E-state index in [0.29, 0.717) is 5.57 Å². The average Bonchev–Trinajstić information content (AvgIpc) is 2.62. The summed E-state index contributed by atoms with van der Waals surface area (Å²) in [6.07, 6.45) is 0.713. The molecule has 0 saturated carbocycles. The van der Waals surface area contributed by atoms with Gasteiger partial charge in [0.1, 0.15) is 0 Å². The third-order valence-corrected chi connectivity index (χ3v) is 3.01. The van der Waals surface area contributed by atoms with Gasteiger partial charge in [0.2, 0.25) is 0 Å². The Bertz CT molecular complexity index is 298. The molecule has 3 atom stereocenters. The molecule has 0 amide bonds. The second kappa shape index (κ2) is 3.05. The van der Waals surface area contributed by atoms with Crippen molar-refractivity contribution in [3.63, 3.8) is 0 Å². The molecule has 3 N–H and O–H groups in total. The van der Waals surface area contributed by atoms with Crippen LogP contribution in [0.25, 0.3) is 0 Å². The summed E-state index contributed by atoms with van der Waals surface area (Å²) in [5, 5.41) is 27.8. The Balaban J connectivity index is 2.38. The normalized spacial score (nSPS) is 40.8. The van der Waals surface area contributed by atoms with Crippen LogP contribution in [0.15, 0.2) is 11.6 Å². The molecular weight excluding hydrogens is 188 g/mol. The van der Waals surface area contributed by atoms with Crippen molar-refractivity contribution < 1.29 is 24.9 Å². The monoisotopic (exact) mass is 200 g/mol. The number of aliphatic hydroxyl groups excluding tert-OH is 3. The van der Waals surface area contributed by atoms with E-state index < -0.39 is 30.2 Å². The van der Waals surface area contributed by atoms with Crippen molar-refractivity contribution in [1.82, 2.24) is 0 Å². The molecular formula is C9H12O5. The van der Waals surface area contributed by atoms with E-state index in [2.05, 4.69) is 0 Å². The molecule has 1 heterocycles. The zero-order chi connectivity index (χ0) is 10.3. The predicted molar refractivity (Wildman–Crippen MR) is 45.2 cm³/mol. The van der Waals surface area contributed by atoms with E-state index in [9.17, 15) is 15.0 Å². The molecule has 0 radical (unpaired) electrons. The van der Waals surface area contributed by atoms with Gasteiger partial charge in [-0.3, -0.25) is 4.79 Å². The van der Waals surface area contributed by atoms with Crippen LogP contribution in [0, 0.1) is 5.92 Å². The maximum Gasteiger partial charge on any atom is 0.307 e. The summed E-state index contributed by atoms with van der Waals surface area (Å²) < 4.78 is 5.02. The Kier molecular flexibility index (Phi) is 2.10. The molecule has 0 aromatic heterocycles. The molecule has 1 saturated heterocycles. The predicted octanol–water partition coefficient (Wildman–Crippen LogP) is -1.43. The molecule has 0 aromatic carbocycles. The third-order valence-electron chi connectivity index (χ3n) is 3.01. The molecule has 14 heavy (non-hydrogen) atoms. The fourth-order valence-corrected chi connectivity index (χ4v) is 2.27. The number of fused-ring (bicyclic) bond motifs is 1. The lowest BCUT2D eigenvalue weighted by atomic mass is 9.86. The molecule has 0 unspecified atom stereocenters. The van der Waals surface area contributed by atoms with Crippen molar-refractivity contribution in [2.24, 2.45) is 5.92 Å². The van der Waals surface area contributed by atoms with Crippen molar-refractivity contribution in [3.8, 4) is 0 Å². The SMILES string of the molecule is O=C1C[C@H]2[C@H](O)C=C(CO)[C@@]2(CO)O1. The first-order chi connectivity index (χ1) is 6.64. The second-order valence-electron chi connectivity index (χ2n) is 3.67. The van der Waals surface area contributed by atoms with E-state index in [4.69, 9.17) is 9.84 Å². The Labute approximate surface area is 80.6 Å². The van der Waals surface area contributed by atoms with Gasteiger partial charge in [0.15, 0.2) is 5.60 Å². The summed E-state index contributed by atoms with van der Waals surface area (Å²) in [4.78, 5) is 11.1. The number of carbonyl (C=O) groups is 1. The smallest absolute Gasteiger partial charge is 0.307 e. The number of carbonyl (C=O) groups excluding carboxylic acids is 1. The number of esters is 1. The van der Waals surface area contributed by atoms with Crippen molar-refractivity contribution in [3.05, 3.63) is 11.6 Å². The Morgan fingerprint density at radius 3 is 2.86 bits per heavy atom. The van der Waals surface area contributed by atoms with Crippen molar-refractivity contribution >= 4 is 5.97 Å². The Morgan fingerprint density at radius 2 is 2.29 bits per heavy atom. The number of rotatable bonds is 2. The molecule has 78 valence electrons. The van der Waals surface area contributed by atoms with Crippen LogP contribution in [-0.2, 0) is 9.53 Å². The van der Waals surface area contributed by atoms with Gasteiger partial charge in [0.25, 0.3) is 0 Å². The summed E-state index contributed by atoms with van der Waals surface area (Å²) >= 11 is 0. The van der Waals surface area contributed by atoms with Gasteiger partial charge in [-0.15, -0.1) is 0 Å². The first kappa shape index (κ1) is 9.64. The molecule has 0 spiro atoms. The van der Waals surface area contributed by atoms with Gasteiger partial charge in [0.05, 0.1) is 25.7 Å². The largest absolute Gasteiger partial charge is 0.451 e. The van der Waals surface area contributed by atoms with Crippen molar-refractivity contribution in [2.75, 3.05) is 13.2 Å². The minimum absolute atomic E-state index is 0.0850. The maximum atomic E-state index is 11.1. The van der Waals surface area contributed by atoms with Gasteiger partial charge >= 0.3 is 5.97 Å². The fourth-order valence-electron chi connectivity index (χ4n) is 2.27. The summed E-state index contributed by atoms with van der Waals surface area (Å²) in [6, 6.07) is 0. The summed E-state index contributed by atoms with van der Waals surface area (Å²) in [5.41, 5.74) is -0.783. The van der Waals surface area contributed by atoms with Gasteiger partial charge in [-0.1, -0.05) is 6.08 Å². The number of hydrogen-bond acceptors (Lipinski definition) is 5. The van der Waals surface area contributed by atoms with Gasteiger partial charge in [-0.05, 0) is 5.57 Å². The molecule has 2 rings (SSSR count). The Morgan fingerprint density at radius 1 is 1.57 bits per heavy atom. The highest BCUT2D eigenvalue weighted by molar-refractivity contribution is 5.75. The second-order valence-corrected chi connectivity index (χ2v) is 3.67. The minimum atomic E-state index is -1.18. The molecule has 1 aliphatic heterocycles. The minimum Gasteiger partial charge on any atom is -0.451 e. The van der Waals surface area contributed by atoms with Gasteiger partial charge < -0.3 is 20.1 Å². The number of aliphatic hydroxyl groups is 3. The lowest BCUT2D eigenvalue weighted by Gasteiger charge is -2.28. The highest BCUT2D eigenvalue weighted by Crippen LogP contribution is 2.45. The quantitative estimate of drug-likeness (QED) is 0.376. The molecule has 1 fully saturated rings. The zero-order valence-corrected chi connectivity index (χ0v) is 7.51. The molecule has 5 heteroatoms. The van der Waals surface area contributed by atoms with E-state index in [1.54, 1.807) is 0 Å². The molecule has 2 aliphatic rings. The van der Waals surface area contributed by atoms with Gasteiger partial charge in [-0.25, -0.2) is 0 Å². The van der Waals surface area contributed by atoms with Crippen molar-refractivity contribution in [1.29, 1.82) is 0 Å². The molecule has 0 bridgehead atoms. The maximum absolute atomic E-state index is 11.1. The molecule has 1 aliphatic carbocycles. The van der Waals surface area contributed by atoms with Crippen molar-refractivity contribution in [2.45, 2.75) is 18.1 Å². The molecule has 0 aromatic rings. The topological polar surface area (TPSA) is 87.0 Å². The van der Waals surface area contributed by atoms with Gasteiger partial charge in [0, 0.05) is 5.92 Å². The zero-order valence-electron chi connectivity index (χ0n) is 7.51. The standard InChI is InChI=1S/C9H12O5/c10-3-5-1-7(12)6-2-8(13)14-9(5,6)4-11/h1,6-7,10-12H,2-4H2/t6-,7+,9+/m0/s1. The third kappa shape index (κ3) is 1.03. The van der Waals surface area contributed by atoms with E-state index in [-0.39, 0.29) is 13.0 Å². The van der Waals surface area contributed by atoms with Crippen LogP contribution < -0.4 is 0 Å². The lowest BCUT2D eigenvalue weighted by Crippen LogP contribution is -2.42. The van der Waals surface area contributed by atoms with Crippen LogP contribution in [0.1, 0.15) is 6.42 Å². The highest BCUT2D eigenvalue weighted by atomic mass is 16.6. The van der Waals surface area contributed by atoms with Crippen LogP contribution >= 0.6 is 0 Å². The Hall–Kier alpha value is -0.910. The summed E-state index contributed by atoms with van der Waals surface area (Å²) in [7, 11) is 0. The summed E-state index contributed by atoms with van der Waals surface area (Å²) in [6.45, 7) is -0.714. The number of hydrogen-bond donors (Lipinski definition) is 3. The summed E-state index contributed by atoms with van der Waals surface area (Å²) in [5.74, 6) is -0.899. The fraction of sp³-hybridized carbons (Fsp3) is 0.667. The van der Waals surface area contributed by atoms with Crippen LogP contribution in [0.5, 0.6) is 0 Å². The van der Waals surface area contributed by atoms with Crippen LogP contribution in [0.4, 0.5) is 0 Å². The van der Waals surface area contributed by atoms with Crippen LogP contribution in [0.3, 0.4) is 0 Å². The van der Waals surface area contributed by atoms with E-state index in [1.807, 2.05) is 0 Å². The molecule has 5 nitrogen and oxygen atoms in total. The van der Waals surface area contributed by atoms with Crippen LogP contribution in [-0.4, -0.2) is 46.2 Å². The first-order valence-electron chi connectivity index (χ1n) is 4.47. The van der Waals surface area contributed by atoms with E-state index in [1.165, 1.54) is 6.08 Å². The number of ether oxygens (including phenoxy) is 1. The highest BCUT2D eigenvalue weighted by Gasteiger charge is 2.57. The van der Waals surface area contributed by atoms with E-state index in [0.717, 1.165) is 0 Å². The van der Waals surface area contributed by atoms with E-state index >= 15 is 0 Å².